The van der Waals surface area contributed by atoms with Gasteiger partial charge in [-0.3, -0.25) is 4.79 Å². The molecule has 0 saturated carbocycles. The first-order valence-corrected chi connectivity index (χ1v) is 7.44. The third-order valence-electron chi connectivity index (χ3n) is 3.52. The zero-order chi connectivity index (χ0) is 15.7. The zero-order valence-corrected chi connectivity index (χ0v) is 13.4. The number of nitriles is 1. The second-order valence-corrected chi connectivity index (χ2v) is 5.84. The maximum absolute atomic E-state index is 12.2. The van der Waals surface area contributed by atoms with Crippen molar-refractivity contribution in [2.75, 3.05) is 0 Å². The predicted molar refractivity (Wildman–Crippen MR) is 89.3 cm³/mol. The van der Waals surface area contributed by atoms with Crippen molar-refractivity contribution < 1.29 is 0 Å². The zero-order valence-electron chi connectivity index (χ0n) is 11.8. The Morgan fingerprint density at radius 3 is 2.55 bits per heavy atom. The molecule has 3 rings (SSSR count). The molecule has 2 aromatic heterocycles. The summed E-state index contributed by atoms with van der Waals surface area (Å²) in [5, 5.41) is 9.30. The molecule has 0 atom stereocenters. The fraction of sp³-hybridized carbons (Fsp3) is 0.0588. The third kappa shape index (κ3) is 2.49. The molecule has 0 spiro atoms. The number of aromatic amines is 1. The number of nitrogens with zero attached hydrogens (tertiary/aromatic N) is 2. The average Bonchev–Trinajstić information content (AvgIpc) is 2.93. The van der Waals surface area contributed by atoms with Crippen molar-refractivity contribution in [1.82, 2.24) is 9.55 Å². The van der Waals surface area contributed by atoms with Gasteiger partial charge in [-0.25, -0.2) is 0 Å². The Kier molecular flexibility index (Phi) is 3.70. The lowest BCUT2D eigenvalue weighted by atomic mass is 10.0. The van der Waals surface area contributed by atoms with Gasteiger partial charge in [0.05, 0.1) is 0 Å². The Balaban J connectivity index is 2.26. The highest BCUT2D eigenvalue weighted by molar-refractivity contribution is 9.10. The van der Waals surface area contributed by atoms with E-state index in [1.165, 1.54) is 0 Å². The van der Waals surface area contributed by atoms with Crippen LogP contribution in [0.25, 0.3) is 22.5 Å². The fourth-order valence-corrected chi connectivity index (χ4v) is 2.66. The third-order valence-corrected chi connectivity index (χ3v) is 4.05. The van der Waals surface area contributed by atoms with Crippen molar-refractivity contribution in [1.29, 1.82) is 5.26 Å². The normalized spacial score (nSPS) is 10.4. The van der Waals surface area contributed by atoms with Gasteiger partial charge in [-0.05, 0) is 35.9 Å². The Labute approximate surface area is 135 Å². The van der Waals surface area contributed by atoms with E-state index in [1.54, 1.807) is 0 Å². The number of hydrogen-bond donors (Lipinski definition) is 1. The lowest BCUT2D eigenvalue weighted by Crippen LogP contribution is -2.13. The molecule has 3 aromatic rings. The number of benzene rings is 1. The Bertz CT molecular complexity index is 930. The molecular formula is C17H12BrN3O. The number of H-pyrrole nitrogens is 1. The largest absolute Gasteiger partial charge is 0.351 e. The summed E-state index contributed by atoms with van der Waals surface area (Å²) in [7, 11) is 1.89. The second-order valence-electron chi connectivity index (χ2n) is 4.92. The number of aryl methyl sites for hydroxylation is 1. The highest BCUT2D eigenvalue weighted by Gasteiger charge is 2.14. The number of halogens is 1. The summed E-state index contributed by atoms with van der Waals surface area (Å²) in [6.45, 7) is 0. The van der Waals surface area contributed by atoms with Crippen LogP contribution in [0.3, 0.4) is 0 Å². The molecule has 1 N–H and O–H groups in total. The number of aromatic nitrogens is 2. The number of rotatable bonds is 2. The molecule has 22 heavy (non-hydrogen) atoms. The summed E-state index contributed by atoms with van der Waals surface area (Å²) < 4.78 is 2.86. The molecule has 0 bridgehead atoms. The summed E-state index contributed by atoms with van der Waals surface area (Å²) >= 11 is 3.39. The van der Waals surface area contributed by atoms with Crippen LogP contribution < -0.4 is 5.56 Å². The Morgan fingerprint density at radius 1 is 1.23 bits per heavy atom. The van der Waals surface area contributed by atoms with E-state index in [0.717, 1.165) is 15.7 Å². The lowest BCUT2D eigenvalue weighted by molar-refractivity contribution is 0.935. The molecule has 2 heterocycles. The molecule has 0 aliphatic rings. The summed E-state index contributed by atoms with van der Waals surface area (Å²) in [6, 6.07) is 15.3. The van der Waals surface area contributed by atoms with Crippen LogP contribution in [0.15, 0.2) is 57.9 Å². The van der Waals surface area contributed by atoms with Crippen LogP contribution in [-0.2, 0) is 7.05 Å². The first-order valence-electron chi connectivity index (χ1n) is 6.65. The van der Waals surface area contributed by atoms with Gasteiger partial charge in [-0.1, -0.05) is 28.1 Å². The van der Waals surface area contributed by atoms with Crippen LogP contribution in [0.1, 0.15) is 5.56 Å². The van der Waals surface area contributed by atoms with E-state index >= 15 is 0 Å². The van der Waals surface area contributed by atoms with Gasteiger partial charge in [0.1, 0.15) is 11.6 Å². The van der Waals surface area contributed by atoms with Gasteiger partial charge in [-0.2, -0.15) is 5.26 Å². The van der Waals surface area contributed by atoms with Crippen molar-refractivity contribution >= 4 is 15.9 Å². The van der Waals surface area contributed by atoms with Gasteiger partial charge in [0.15, 0.2) is 0 Å². The van der Waals surface area contributed by atoms with Crippen LogP contribution in [-0.4, -0.2) is 9.55 Å². The average molecular weight is 354 g/mol. The molecule has 0 amide bonds. The van der Waals surface area contributed by atoms with Gasteiger partial charge in [-0.15, -0.1) is 0 Å². The van der Waals surface area contributed by atoms with Crippen molar-refractivity contribution in [3.63, 3.8) is 0 Å². The van der Waals surface area contributed by atoms with E-state index in [2.05, 4.69) is 20.9 Å². The van der Waals surface area contributed by atoms with Crippen molar-refractivity contribution in [3.05, 3.63) is 69.1 Å². The Hall–Kier alpha value is -2.58. The van der Waals surface area contributed by atoms with Crippen LogP contribution in [0.2, 0.25) is 0 Å². The van der Waals surface area contributed by atoms with Crippen LogP contribution in [0.5, 0.6) is 0 Å². The van der Waals surface area contributed by atoms with Crippen molar-refractivity contribution in [2.45, 2.75) is 0 Å². The maximum atomic E-state index is 12.2. The van der Waals surface area contributed by atoms with E-state index in [1.807, 2.05) is 66.3 Å². The molecule has 0 fully saturated rings. The van der Waals surface area contributed by atoms with Crippen LogP contribution in [0, 0.1) is 11.3 Å². The standard InChI is InChI=1S/C17H12BrN3O/c1-21-8-2-3-16(21)13-9-15(20-17(22)14(13)10-19)11-4-6-12(18)7-5-11/h2-9H,1H3,(H,20,22). The van der Waals surface area contributed by atoms with Gasteiger partial charge in [0.25, 0.3) is 5.56 Å². The minimum atomic E-state index is -0.376. The fourth-order valence-electron chi connectivity index (χ4n) is 2.40. The number of hydrogen-bond acceptors (Lipinski definition) is 2. The highest BCUT2D eigenvalue weighted by atomic mass is 79.9. The maximum Gasteiger partial charge on any atom is 0.267 e. The molecule has 108 valence electrons. The first kappa shape index (κ1) is 14.4. The molecule has 1 aromatic carbocycles. The number of pyridine rings is 1. The molecule has 0 radical (unpaired) electrons. The molecule has 0 unspecified atom stereocenters. The van der Waals surface area contributed by atoms with Gasteiger partial charge in [0, 0.05) is 34.7 Å². The topological polar surface area (TPSA) is 61.6 Å². The van der Waals surface area contributed by atoms with Crippen LogP contribution >= 0.6 is 15.9 Å². The van der Waals surface area contributed by atoms with E-state index in [0.29, 0.717) is 11.3 Å². The minimum absolute atomic E-state index is 0.127. The number of nitrogens with one attached hydrogen (secondary N) is 1. The molecule has 4 nitrogen and oxygen atoms in total. The summed E-state index contributed by atoms with van der Waals surface area (Å²) in [4.78, 5) is 15.0. The van der Waals surface area contributed by atoms with Gasteiger partial charge >= 0.3 is 0 Å². The first-order chi connectivity index (χ1) is 10.6. The monoisotopic (exact) mass is 353 g/mol. The van der Waals surface area contributed by atoms with Crippen molar-refractivity contribution in [3.8, 4) is 28.6 Å². The molecule has 0 saturated heterocycles. The minimum Gasteiger partial charge on any atom is -0.351 e. The smallest absolute Gasteiger partial charge is 0.267 e. The molecule has 5 heteroatoms. The summed E-state index contributed by atoms with van der Waals surface area (Å²) in [6.07, 6.45) is 1.89. The van der Waals surface area contributed by atoms with E-state index in [-0.39, 0.29) is 11.1 Å². The molecular weight excluding hydrogens is 342 g/mol. The van der Waals surface area contributed by atoms with E-state index in [9.17, 15) is 10.1 Å². The van der Waals surface area contributed by atoms with E-state index in [4.69, 9.17) is 0 Å². The van der Waals surface area contributed by atoms with Crippen molar-refractivity contribution in [2.24, 2.45) is 7.05 Å². The Morgan fingerprint density at radius 2 is 1.95 bits per heavy atom. The predicted octanol–water partition coefficient (Wildman–Crippen LogP) is 3.68. The summed E-state index contributed by atoms with van der Waals surface area (Å²) in [5.74, 6) is 0. The summed E-state index contributed by atoms with van der Waals surface area (Å²) in [5.41, 5.74) is 2.80. The SMILES string of the molecule is Cn1cccc1-c1cc(-c2ccc(Br)cc2)[nH]c(=O)c1C#N. The quantitative estimate of drug-likeness (QED) is 0.763. The molecule has 0 aliphatic carbocycles. The van der Waals surface area contributed by atoms with Crippen LogP contribution in [0.4, 0.5) is 0 Å². The second kappa shape index (κ2) is 5.66. The van der Waals surface area contributed by atoms with E-state index < -0.39 is 0 Å². The van der Waals surface area contributed by atoms with Gasteiger partial charge < -0.3 is 9.55 Å². The van der Waals surface area contributed by atoms with Gasteiger partial charge in [0.2, 0.25) is 0 Å². The molecule has 0 aliphatic heterocycles. The highest BCUT2D eigenvalue weighted by Crippen LogP contribution is 2.26. The lowest BCUT2D eigenvalue weighted by Gasteiger charge is -2.09.